The maximum Gasteiger partial charge on any atom is 0.334 e. The van der Waals surface area contributed by atoms with Gasteiger partial charge >= 0.3 is 5.97 Å². The van der Waals surface area contributed by atoms with Gasteiger partial charge in [0.1, 0.15) is 5.75 Å². The van der Waals surface area contributed by atoms with Crippen molar-refractivity contribution in [3.8, 4) is 5.75 Å². The SMILES string of the molecule is CCc1cc(OC)ccc1CN1CCOC(C(=O)O)C1. The van der Waals surface area contributed by atoms with Gasteiger partial charge in [-0.05, 0) is 29.7 Å². The van der Waals surface area contributed by atoms with Crippen molar-refractivity contribution in [3.05, 3.63) is 29.3 Å². The fourth-order valence-corrected chi connectivity index (χ4v) is 2.45. The molecule has 0 amide bonds. The topological polar surface area (TPSA) is 59.0 Å². The Labute approximate surface area is 119 Å². The van der Waals surface area contributed by atoms with Crippen molar-refractivity contribution in [1.82, 2.24) is 4.90 Å². The van der Waals surface area contributed by atoms with Gasteiger partial charge in [-0.25, -0.2) is 4.79 Å². The van der Waals surface area contributed by atoms with Gasteiger partial charge in [-0.3, -0.25) is 4.90 Å². The predicted molar refractivity (Wildman–Crippen MR) is 75.0 cm³/mol. The van der Waals surface area contributed by atoms with E-state index in [0.29, 0.717) is 13.2 Å². The molecule has 1 aliphatic rings. The minimum absolute atomic E-state index is 0.435. The molecule has 20 heavy (non-hydrogen) atoms. The Bertz CT molecular complexity index is 475. The molecular formula is C15H21NO4. The Morgan fingerprint density at radius 2 is 2.30 bits per heavy atom. The smallest absolute Gasteiger partial charge is 0.334 e. The first-order valence-electron chi connectivity index (χ1n) is 6.86. The van der Waals surface area contributed by atoms with Crippen LogP contribution in [0, 0.1) is 0 Å². The predicted octanol–water partition coefficient (Wildman–Crippen LogP) is 1.54. The fraction of sp³-hybridized carbons (Fsp3) is 0.533. The van der Waals surface area contributed by atoms with Crippen LogP contribution in [0.2, 0.25) is 0 Å². The Hall–Kier alpha value is -1.59. The maximum atomic E-state index is 11.0. The first kappa shape index (κ1) is 14.8. The number of carboxylic acids is 1. The second-order valence-corrected chi connectivity index (χ2v) is 4.92. The quantitative estimate of drug-likeness (QED) is 0.886. The third-order valence-corrected chi connectivity index (χ3v) is 3.61. The molecule has 0 saturated carbocycles. The Kier molecular flexibility index (Phi) is 4.98. The van der Waals surface area contributed by atoms with Gasteiger partial charge in [0.05, 0.1) is 13.7 Å². The summed E-state index contributed by atoms with van der Waals surface area (Å²) in [4.78, 5) is 13.1. The summed E-state index contributed by atoms with van der Waals surface area (Å²) in [5, 5.41) is 9.02. The minimum atomic E-state index is -0.889. The Morgan fingerprint density at radius 3 is 2.95 bits per heavy atom. The number of carbonyl (C=O) groups is 1. The van der Waals surface area contributed by atoms with Gasteiger partial charge in [-0.15, -0.1) is 0 Å². The molecule has 0 radical (unpaired) electrons. The van der Waals surface area contributed by atoms with E-state index >= 15 is 0 Å². The van der Waals surface area contributed by atoms with Crippen LogP contribution in [0.3, 0.4) is 0 Å². The van der Waals surface area contributed by atoms with Gasteiger partial charge in [-0.1, -0.05) is 13.0 Å². The second kappa shape index (κ2) is 6.72. The molecule has 1 aromatic rings. The highest BCUT2D eigenvalue weighted by molar-refractivity contribution is 5.72. The van der Waals surface area contributed by atoms with E-state index in [9.17, 15) is 4.79 Å². The van der Waals surface area contributed by atoms with Gasteiger partial charge in [0.15, 0.2) is 6.10 Å². The fourth-order valence-electron chi connectivity index (χ4n) is 2.45. The van der Waals surface area contributed by atoms with Crippen LogP contribution in [0.4, 0.5) is 0 Å². The lowest BCUT2D eigenvalue weighted by molar-refractivity contribution is -0.156. The Balaban J connectivity index is 2.07. The van der Waals surface area contributed by atoms with E-state index in [1.807, 2.05) is 12.1 Å². The van der Waals surface area contributed by atoms with E-state index in [4.69, 9.17) is 14.6 Å². The lowest BCUT2D eigenvalue weighted by atomic mass is 10.0. The number of ether oxygens (including phenoxy) is 2. The summed E-state index contributed by atoms with van der Waals surface area (Å²) in [5.74, 6) is -0.0314. The molecule has 5 heteroatoms. The van der Waals surface area contributed by atoms with E-state index in [-0.39, 0.29) is 0 Å². The molecule has 0 aliphatic carbocycles. The molecule has 1 saturated heterocycles. The van der Waals surface area contributed by atoms with Crippen molar-refractivity contribution in [2.24, 2.45) is 0 Å². The van der Waals surface area contributed by atoms with E-state index < -0.39 is 12.1 Å². The number of benzene rings is 1. The zero-order valence-electron chi connectivity index (χ0n) is 12.0. The first-order valence-corrected chi connectivity index (χ1v) is 6.86. The summed E-state index contributed by atoms with van der Waals surface area (Å²) in [5.41, 5.74) is 2.46. The van der Waals surface area contributed by atoms with Crippen LogP contribution in [0.25, 0.3) is 0 Å². The van der Waals surface area contributed by atoms with Crippen molar-refractivity contribution in [1.29, 1.82) is 0 Å². The molecule has 5 nitrogen and oxygen atoms in total. The van der Waals surface area contributed by atoms with Gasteiger partial charge in [0, 0.05) is 19.6 Å². The number of methoxy groups -OCH3 is 1. The lowest BCUT2D eigenvalue weighted by Crippen LogP contribution is -2.45. The van der Waals surface area contributed by atoms with Crippen molar-refractivity contribution in [2.45, 2.75) is 26.0 Å². The molecule has 1 unspecified atom stereocenters. The number of aliphatic carboxylic acids is 1. The number of nitrogens with zero attached hydrogens (tertiary/aromatic N) is 1. The third kappa shape index (κ3) is 3.49. The normalized spacial score (nSPS) is 19.8. The highest BCUT2D eigenvalue weighted by atomic mass is 16.5. The van der Waals surface area contributed by atoms with Crippen LogP contribution in [0.15, 0.2) is 18.2 Å². The number of rotatable bonds is 5. The van der Waals surface area contributed by atoms with Crippen molar-refractivity contribution >= 4 is 5.97 Å². The molecule has 2 rings (SSSR count). The number of hydrogen-bond donors (Lipinski definition) is 1. The zero-order valence-corrected chi connectivity index (χ0v) is 12.0. The molecule has 1 atom stereocenters. The molecule has 1 N–H and O–H groups in total. The minimum Gasteiger partial charge on any atom is -0.497 e. The molecule has 0 bridgehead atoms. The molecule has 1 aliphatic heterocycles. The standard InChI is InChI=1S/C15H21NO4/c1-3-11-8-13(19-2)5-4-12(11)9-16-6-7-20-14(10-16)15(17)18/h4-5,8,14H,3,6-7,9-10H2,1-2H3,(H,17,18). The molecule has 0 spiro atoms. The van der Waals surface area contributed by atoms with E-state index in [1.165, 1.54) is 11.1 Å². The van der Waals surface area contributed by atoms with Crippen LogP contribution in [0.5, 0.6) is 5.75 Å². The van der Waals surface area contributed by atoms with Crippen molar-refractivity contribution < 1.29 is 19.4 Å². The highest BCUT2D eigenvalue weighted by Crippen LogP contribution is 2.20. The van der Waals surface area contributed by atoms with Crippen LogP contribution in [-0.4, -0.2) is 48.9 Å². The second-order valence-electron chi connectivity index (χ2n) is 4.92. The van der Waals surface area contributed by atoms with Gasteiger partial charge in [0.2, 0.25) is 0 Å². The lowest BCUT2D eigenvalue weighted by Gasteiger charge is -2.31. The van der Waals surface area contributed by atoms with Crippen LogP contribution < -0.4 is 4.74 Å². The summed E-state index contributed by atoms with van der Waals surface area (Å²) in [7, 11) is 1.66. The van der Waals surface area contributed by atoms with Crippen LogP contribution >= 0.6 is 0 Å². The third-order valence-electron chi connectivity index (χ3n) is 3.61. The first-order chi connectivity index (χ1) is 9.63. The molecule has 110 valence electrons. The average Bonchev–Trinajstić information content (AvgIpc) is 2.48. The van der Waals surface area contributed by atoms with E-state index in [2.05, 4.69) is 17.9 Å². The maximum absolute atomic E-state index is 11.0. The molecule has 1 heterocycles. The van der Waals surface area contributed by atoms with E-state index in [1.54, 1.807) is 7.11 Å². The molecular weight excluding hydrogens is 258 g/mol. The monoisotopic (exact) mass is 279 g/mol. The van der Waals surface area contributed by atoms with Crippen LogP contribution in [-0.2, 0) is 22.5 Å². The summed E-state index contributed by atoms with van der Waals surface area (Å²) in [6.07, 6.45) is 0.214. The highest BCUT2D eigenvalue weighted by Gasteiger charge is 2.26. The van der Waals surface area contributed by atoms with Crippen molar-refractivity contribution in [2.75, 3.05) is 26.8 Å². The summed E-state index contributed by atoms with van der Waals surface area (Å²) in [6, 6.07) is 6.05. The molecule has 0 aromatic heterocycles. The number of aryl methyl sites for hydroxylation is 1. The summed E-state index contributed by atoms with van der Waals surface area (Å²) >= 11 is 0. The average molecular weight is 279 g/mol. The number of hydrogen-bond acceptors (Lipinski definition) is 4. The van der Waals surface area contributed by atoms with E-state index in [0.717, 1.165) is 25.3 Å². The zero-order chi connectivity index (χ0) is 14.5. The summed E-state index contributed by atoms with van der Waals surface area (Å²) in [6.45, 7) is 4.52. The molecule has 1 fully saturated rings. The van der Waals surface area contributed by atoms with Gasteiger partial charge in [-0.2, -0.15) is 0 Å². The van der Waals surface area contributed by atoms with Crippen LogP contribution in [0.1, 0.15) is 18.1 Å². The number of carboxylic acid groups (broad SMARTS) is 1. The summed E-state index contributed by atoms with van der Waals surface area (Å²) < 4.78 is 10.5. The molecule has 1 aromatic carbocycles. The van der Waals surface area contributed by atoms with Crippen molar-refractivity contribution in [3.63, 3.8) is 0 Å². The largest absolute Gasteiger partial charge is 0.497 e. The van der Waals surface area contributed by atoms with Gasteiger partial charge < -0.3 is 14.6 Å². The van der Waals surface area contributed by atoms with Gasteiger partial charge in [0.25, 0.3) is 0 Å². The number of morpholine rings is 1. The Morgan fingerprint density at radius 1 is 1.50 bits per heavy atom.